The summed E-state index contributed by atoms with van der Waals surface area (Å²) in [4.78, 5) is 19.3. The molecule has 6 nitrogen and oxygen atoms in total. The normalized spacial score (nSPS) is 13.2. The number of rotatable bonds is 3. The van der Waals surface area contributed by atoms with Gasteiger partial charge in [-0.25, -0.2) is 0 Å². The minimum atomic E-state index is -2.44. The standard InChI is InChI=1S/C4H6O6.Cs.Na/c5-1(3(7)8)2(6)4(9)10;;/h1-2,5-6H,(H,7,8)(H,9,10);;/q;2*+1/p-2. The molecule has 0 aliphatic carbocycles. The van der Waals surface area contributed by atoms with Gasteiger partial charge in [-0.3, -0.25) is 0 Å². The number of carbonyl (C=O) groups excluding carboxylic acids is 2. The molecule has 0 fully saturated rings. The van der Waals surface area contributed by atoms with Crippen LogP contribution in [0.3, 0.4) is 0 Å². The van der Waals surface area contributed by atoms with Crippen LogP contribution in [0.5, 0.6) is 0 Å². The number of aliphatic carboxylic acids is 2. The van der Waals surface area contributed by atoms with Gasteiger partial charge in [0.25, 0.3) is 0 Å². The molecule has 0 bridgehead atoms. The van der Waals surface area contributed by atoms with E-state index in [1.807, 2.05) is 0 Å². The van der Waals surface area contributed by atoms with Crippen LogP contribution in [0.25, 0.3) is 0 Å². The average Bonchev–Trinajstić information content (AvgIpc) is 1.84. The zero-order valence-electron chi connectivity index (χ0n) is 6.68. The number of aliphatic hydroxyl groups is 2. The van der Waals surface area contributed by atoms with Crippen LogP contribution in [-0.2, 0) is 9.59 Å². The molecule has 2 atom stereocenters. The van der Waals surface area contributed by atoms with Crippen molar-refractivity contribution in [3.05, 3.63) is 0 Å². The van der Waals surface area contributed by atoms with E-state index in [0.29, 0.717) is 0 Å². The van der Waals surface area contributed by atoms with E-state index in [0.717, 1.165) is 0 Å². The molecular weight excluding hydrogens is 300 g/mol. The quantitative estimate of drug-likeness (QED) is 0.500. The second-order valence-electron chi connectivity index (χ2n) is 1.53. The largest absolute Gasteiger partial charge is 1.00 e. The van der Waals surface area contributed by atoms with E-state index < -0.39 is 24.1 Å². The van der Waals surface area contributed by atoms with Crippen molar-refractivity contribution in [2.24, 2.45) is 0 Å². The number of carboxylic acids is 2. The third-order valence-electron chi connectivity index (χ3n) is 0.782. The van der Waals surface area contributed by atoms with Gasteiger partial charge in [0.05, 0.1) is 11.9 Å². The van der Waals surface area contributed by atoms with Crippen LogP contribution < -0.4 is 109 Å². The summed E-state index contributed by atoms with van der Waals surface area (Å²) in [5.74, 6) is -4.12. The maximum atomic E-state index is 9.63. The van der Waals surface area contributed by atoms with Gasteiger partial charge in [0.1, 0.15) is 12.2 Å². The average molecular weight is 304 g/mol. The molecule has 0 aromatic heterocycles. The van der Waals surface area contributed by atoms with Crippen molar-refractivity contribution >= 4 is 11.9 Å². The third-order valence-corrected chi connectivity index (χ3v) is 0.782. The summed E-state index contributed by atoms with van der Waals surface area (Å²) in [5.41, 5.74) is 0. The molecule has 0 aliphatic rings. The zero-order chi connectivity index (χ0) is 8.31. The van der Waals surface area contributed by atoms with Gasteiger partial charge in [0.2, 0.25) is 0 Å². The third kappa shape index (κ3) is 7.33. The Bertz CT molecular complexity index is 144. The van der Waals surface area contributed by atoms with E-state index in [1.165, 1.54) is 0 Å². The second-order valence-corrected chi connectivity index (χ2v) is 1.53. The van der Waals surface area contributed by atoms with E-state index in [-0.39, 0.29) is 98.5 Å². The smallest absolute Gasteiger partial charge is 0.547 e. The van der Waals surface area contributed by atoms with Crippen molar-refractivity contribution in [1.29, 1.82) is 0 Å². The molecule has 0 spiro atoms. The summed E-state index contributed by atoms with van der Waals surface area (Å²) in [6, 6.07) is 0. The van der Waals surface area contributed by atoms with Crippen LogP contribution in [-0.4, -0.2) is 34.4 Å². The van der Waals surface area contributed by atoms with Crippen LogP contribution in [0.2, 0.25) is 0 Å². The van der Waals surface area contributed by atoms with Gasteiger partial charge >= 0.3 is 98.5 Å². The molecule has 2 N–H and O–H groups in total. The molecule has 0 saturated carbocycles. The molecule has 0 heterocycles. The van der Waals surface area contributed by atoms with Crippen LogP contribution in [0, 0.1) is 0 Å². The molecule has 0 aliphatic heterocycles. The van der Waals surface area contributed by atoms with Crippen LogP contribution >= 0.6 is 0 Å². The summed E-state index contributed by atoms with van der Waals surface area (Å²) in [7, 11) is 0. The fourth-order valence-corrected chi connectivity index (χ4v) is 0.258. The van der Waals surface area contributed by atoms with Gasteiger partial charge in [-0.2, -0.15) is 0 Å². The number of aliphatic hydroxyl groups excluding tert-OH is 2. The number of hydrogen-bond acceptors (Lipinski definition) is 6. The fraction of sp³-hybridized carbons (Fsp3) is 0.500. The molecule has 0 aromatic rings. The van der Waals surface area contributed by atoms with Gasteiger partial charge in [-0.1, -0.05) is 0 Å². The van der Waals surface area contributed by atoms with Gasteiger partial charge in [0.15, 0.2) is 0 Å². The Morgan fingerprint density at radius 2 is 1.17 bits per heavy atom. The summed E-state index contributed by atoms with van der Waals surface area (Å²) < 4.78 is 0. The van der Waals surface area contributed by atoms with E-state index in [1.54, 1.807) is 0 Å². The monoisotopic (exact) mass is 304 g/mol. The molecule has 0 aromatic carbocycles. The van der Waals surface area contributed by atoms with Gasteiger partial charge in [0, 0.05) is 0 Å². The number of carbonyl (C=O) groups is 2. The SMILES string of the molecule is O=C([O-])C(O)C(O)C(=O)[O-].[Cs+].[Na+]. The maximum absolute atomic E-state index is 9.63. The molecule has 2 unspecified atom stereocenters. The first-order valence-corrected chi connectivity index (χ1v) is 2.24. The maximum Gasteiger partial charge on any atom is 1.00 e. The Kier molecular flexibility index (Phi) is 15.4. The molecular formula is C4H4CsNaO6. The molecule has 0 saturated heterocycles. The molecule has 0 rings (SSSR count). The van der Waals surface area contributed by atoms with E-state index in [4.69, 9.17) is 10.2 Å². The first kappa shape index (κ1) is 19.5. The van der Waals surface area contributed by atoms with Gasteiger partial charge < -0.3 is 30.0 Å². The molecule has 8 heteroatoms. The van der Waals surface area contributed by atoms with Crippen LogP contribution in [0.1, 0.15) is 0 Å². The summed E-state index contributed by atoms with van der Waals surface area (Å²) in [5, 5.41) is 35.7. The fourth-order valence-electron chi connectivity index (χ4n) is 0.258. The first-order valence-electron chi connectivity index (χ1n) is 2.24. The van der Waals surface area contributed by atoms with Crippen molar-refractivity contribution in [1.82, 2.24) is 0 Å². The van der Waals surface area contributed by atoms with E-state index in [9.17, 15) is 19.8 Å². The Morgan fingerprint density at radius 3 is 1.25 bits per heavy atom. The van der Waals surface area contributed by atoms with Crippen LogP contribution in [0.15, 0.2) is 0 Å². The Hall–Kier alpha value is 1.91. The topological polar surface area (TPSA) is 121 Å². The van der Waals surface area contributed by atoms with Crippen molar-refractivity contribution < 1.29 is 128 Å². The summed E-state index contributed by atoms with van der Waals surface area (Å²) in [6.45, 7) is 0. The van der Waals surface area contributed by atoms with Crippen molar-refractivity contribution in [3.8, 4) is 0 Å². The van der Waals surface area contributed by atoms with Crippen molar-refractivity contribution in [2.75, 3.05) is 0 Å². The minimum Gasteiger partial charge on any atom is -0.547 e. The molecule has 0 amide bonds. The number of hydrogen-bond donors (Lipinski definition) is 2. The predicted molar refractivity (Wildman–Crippen MR) is 22.0 cm³/mol. The Labute approximate surface area is 149 Å². The van der Waals surface area contributed by atoms with Gasteiger partial charge in [-0.15, -0.1) is 0 Å². The zero-order valence-corrected chi connectivity index (χ0v) is 15.0. The van der Waals surface area contributed by atoms with Crippen molar-refractivity contribution in [2.45, 2.75) is 12.2 Å². The second kappa shape index (κ2) is 9.47. The first-order chi connectivity index (χ1) is 4.46. The Balaban J connectivity index is -0.000000405. The van der Waals surface area contributed by atoms with E-state index >= 15 is 0 Å². The molecule has 0 radical (unpaired) electrons. The van der Waals surface area contributed by atoms with E-state index in [2.05, 4.69) is 0 Å². The van der Waals surface area contributed by atoms with Gasteiger partial charge in [-0.05, 0) is 0 Å². The minimum absolute atomic E-state index is 0. The summed E-state index contributed by atoms with van der Waals surface area (Å²) in [6.07, 6.45) is -4.88. The van der Waals surface area contributed by atoms with Crippen molar-refractivity contribution in [3.63, 3.8) is 0 Å². The summed E-state index contributed by atoms with van der Waals surface area (Å²) >= 11 is 0. The Morgan fingerprint density at radius 1 is 1.00 bits per heavy atom. The van der Waals surface area contributed by atoms with Crippen LogP contribution in [0.4, 0.5) is 0 Å². The number of carboxylic acid groups (broad SMARTS) is 2. The predicted octanol–water partition coefficient (Wildman–Crippen LogP) is -10.8. The molecule has 58 valence electrons. The molecule has 12 heavy (non-hydrogen) atoms.